The van der Waals surface area contributed by atoms with Crippen LogP contribution < -0.4 is 0 Å². The van der Waals surface area contributed by atoms with Crippen molar-refractivity contribution in [2.24, 2.45) is 9.98 Å². The summed E-state index contributed by atoms with van der Waals surface area (Å²) >= 11 is 0. The van der Waals surface area contributed by atoms with Crippen LogP contribution in [0.25, 0.3) is 12.2 Å². The molecule has 1 aromatic carbocycles. The van der Waals surface area contributed by atoms with Crippen LogP contribution in [0.15, 0.2) is 137 Å². The lowest BCUT2D eigenvalue weighted by atomic mass is 10.0. The van der Waals surface area contributed by atoms with Gasteiger partial charge in [0.1, 0.15) is 0 Å². The van der Waals surface area contributed by atoms with Crippen LogP contribution in [0.1, 0.15) is 65.2 Å². The third-order valence-electron chi connectivity index (χ3n) is 4.70. The molecule has 0 saturated heterocycles. The molecule has 1 aromatic rings. The van der Waals surface area contributed by atoms with Crippen LogP contribution in [0.2, 0.25) is 0 Å². The summed E-state index contributed by atoms with van der Waals surface area (Å²) in [5.74, 6) is 0. The molecule has 0 aliphatic rings. The molecule has 2 heteroatoms. The highest BCUT2D eigenvalue weighted by molar-refractivity contribution is 5.85. The van der Waals surface area contributed by atoms with E-state index in [0.29, 0.717) is 0 Å². The Kier molecular flexibility index (Phi) is 22.2. The molecule has 0 aliphatic carbocycles. The zero-order chi connectivity index (χ0) is 29.3. The molecule has 202 valence electrons. The van der Waals surface area contributed by atoms with Crippen molar-refractivity contribution in [2.75, 3.05) is 0 Å². The van der Waals surface area contributed by atoms with Crippen LogP contribution in [0.5, 0.6) is 0 Å². The van der Waals surface area contributed by atoms with E-state index in [2.05, 4.69) is 61.4 Å². The zero-order valence-corrected chi connectivity index (χ0v) is 25.0. The first-order valence-corrected chi connectivity index (χ1v) is 13.2. The molecule has 2 nitrogen and oxygen atoms in total. The minimum atomic E-state index is 0.772. The first kappa shape index (κ1) is 36.1. The third-order valence-corrected chi connectivity index (χ3v) is 4.70. The Morgan fingerprint density at radius 2 is 1.32 bits per heavy atom. The van der Waals surface area contributed by atoms with Crippen LogP contribution in [-0.2, 0) is 0 Å². The Hall–Kier alpha value is -4.04. The van der Waals surface area contributed by atoms with E-state index in [1.54, 1.807) is 18.2 Å². The van der Waals surface area contributed by atoms with Gasteiger partial charge in [-0.3, -0.25) is 9.98 Å². The monoisotopic (exact) mass is 508 g/mol. The fraction of sp³-hybridized carbons (Fsp3) is 0.222. The third kappa shape index (κ3) is 15.9. The second-order valence-electron chi connectivity index (χ2n) is 7.61. The van der Waals surface area contributed by atoms with Crippen molar-refractivity contribution in [1.29, 1.82) is 0 Å². The topological polar surface area (TPSA) is 24.7 Å². The number of aryl methyl sites for hydroxylation is 1. The fourth-order valence-electron chi connectivity index (χ4n) is 2.69. The van der Waals surface area contributed by atoms with Gasteiger partial charge in [-0.05, 0) is 74.3 Å². The summed E-state index contributed by atoms with van der Waals surface area (Å²) in [6, 6.07) is 6.25. The summed E-state index contributed by atoms with van der Waals surface area (Å²) in [5, 5.41) is 0. The van der Waals surface area contributed by atoms with Gasteiger partial charge in [0.2, 0.25) is 0 Å². The van der Waals surface area contributed by atoms with Gasteiger partial charge >= 0.3 is 0 Å². The fourth-order valence-corrected chi connectivity index (χ4v) is 2.69. The lowest BCUT2D eigenvalue weighted by Gasteiger charge is -2.04. The lowest BCUT2D eigenvalue weighted by Crippen LogP contribution is -1.86. The number of benzene rings is 1. The Balaban J connectivity index is 0. The van der Waals surface area contributed by atoms with Gasteiger partial charge in [-0.1, -0.05) is 126 Å². The molecular formula is C36H48N2. The summed E-state index contributed by atoms with van der Waals surface area (Å²) in [6.07, 6.45) is 24.6. The van der Waals surface area contributed by atoms with Gasteiger partial charge in [-0.25, -0.2) is 0 Å². The first-order valence-electron chi connectivity index (χ1n) is 13.2. The van der Waals surface area contributed by atoms with E-state index in [1.807, 2.05) is 110 Å². The SMILES string of the molecule is C=C\C(C)=C/C=C(C=C)/N=C/C(C)=C/C=C(\C=C/C)/C=N\C(C=C)=C\c1ccc(C)cc1C=C.CC.CC. The van der Waals surface area contributed by atoms with Crippen LogP contribution in [0.4, 0.5) is 0 Å². The van der Waals surface area contributed by atoms with Crippen molar-refractivity contribution in [1.82, 2.24) is 0 Å². The minimum Gasteiger partial charge on any atom is -0.257 e. The van der Waals surface area contributed by atoms with Crippen molar-refractivity contribution >= 4 is 24.6 Å². The van der Waals surface area contributed by atoms with Crippen molar-refractivity contribution in [3.8, 4) is 0 Å². The zero-order valence-electron chi connectivity index (χ0n) is 25.0. The quantitative estimate of drug-likeness (QED) is 0.198. The number of aliphatic imine (C=N–C) groups is 2. The summed E-state index contributed by atoms with van der Waals surface area (Å²) in [7, 11) is 0. The van der Waals surface area contributed by atoms with Crippen LogP contribution >= 0.6 is 0 Å². The molecule has 0 heterocycles. The first-order chi connectivity index (χ1) is 18.4. The summed E-state index contributed by atoms with van der Waals surface area (Å²) < 4.78 is 0. The molecule has 38 heavy (non-hydrogen) atoms. The summed E-state index contributed by atoms with van der Waals surface area (Å²) in [6.45, 7) is 31.4. The maximum atomic E-state index is 4.63. The number of hydrogen-bond acceptors (Lipinski definition) is 2. The number of allylic oxidation sites excluding steroid dienone is 12. The summed E-state index contributed by atoms with van der Waals surface area (Å²) in [4.78, 5) is 9.12. The van der Waals surface area contributed by atoms with Gasteiger partial charge in [0, 0.05) is 12.4 Å². The molecule has 0 amide bonds. The maximum absolute atomic E-state index is 4.63. The second kappa shape index (κ2) is 23.4. The van der Waals surface area contributed by atoms with Gasteiger partial charge in [-0.15, -0.1) is 0 Å². The van der Waals surface area contributed by atoms with E-state index in [0.717, 1.165) is 39.2 Å². The van der Waals surface area contributed by atoms with Gasteiger partial charge in [0.25, 0.3) is 0 Å². The highest BCUT2D eigenvalue weighted by atomic mass is 14.7. The molecule has 0 aromatic heterocycles. The predicted molar refractivity (Wildman–Crippen MR) is 178 cm³/mol. The Labute approximate surface area is 233 Å². The molecule has 0 bridgehead atoms. The van der Waals surface area contributed by atoms with Gasteiger partial charge < -0.3 is 0 Å². The van der Waals surface area contributed by atoms with E-state index in [4.69, 9.17) is 0 Å². The highest BCUT2D eigenvalue weighted by Crippen LogP contribution is 2.17. The Bertz CT molecular complexity index is 1140. The van der Waals surface area contributed by atoms with E-state index in [9.17, 15) is 0 Å². The molecule has 0 saturated carbocycles. The van der Waals surface area contributed by atoms with Crippen molar-refractivity contribution < 1.29 is 0 Å². The molecule has 0 radical (unpaired) electrons. The van der Waals surface area contributed by atoms with Crippen LogP contribution in [0, 0.1) is 6.92 Å². The molecule has 0 fully saturated rings. The van der Waals surface area contributed by atoms with Gasteiger partial charge in [0.05, 0.1) is 11.4 Å². The van der Waals surface area contributed by atoms with Crippen molar-refractivity contribution in [2.45, 2.75) is 55.4 Å². The van der Waals surface area contributed by atoms with Crippen molar-refractivity contribution in [3.63, 3.8) is 0 Å². The number of nitrogens with zero attached hydrogens (tertiary/aromatic N) is 2. The molecule has 0 unspecified atom stereocenters. The molecule has 0 N–H and O–H groups in total. The van der Waals surface area contributed by atoms with E-state index in [1.165, 1.54) is 5.56 Å². The highest BCUT2D eigenvalue weighted by Gasteiger charge is 1.98. The predicted octanol–water partition coefficient (Wildman–Crippen LogP) is 11.0. The number of hydrogen-bond donors (Lipinski definition) is 0. The molecule has 0 spiro atoms. The van der Waals surface area contributed by atoms with Gasteiger partial charge in [0.15, 0.2) is 0 Å². The Morgan fingerprint density at radius 3 is 1.87 bits per heavy atom. The minimum absolute atomic E-state index is 0.772. The standard InChI is InChI=1S/C32H36N2.2C2H6/c1-9-14-28(18-15-27(8)23-33-31(12-4)20-17-25(6)10-2)24-34-32(13-5)22-30-19-16-26(7)21-29(30)11-3;2*1-2/h9-24H,2-5H2,1,6-8H3;2*1-2H3/b14-9-,25-17-,27-15+,28-18+,31-20+,32-22+,33-23+,34-24-;;. The molecular weight excluding hydrogens is 460 g/mol. The summed E-state index contributed by atoms with van der Waals surface area (Å²) in [5.41, 5.74) is 7.90. The van der Waals surface area contributed by atoms with E-state index in [-0.39, 0.29) is 0 Å². The molecule has 1 rings (SSSR count). The number of rotatable bonds is 12. The average Bonchev–Trinajstić information content (AvgIpc) is 2.96. The molecule has 0 aliphatic heterocycles. The van der Waals surface area contributed by atoms with E-state index < -0.39 is 0 Å². The van der Waals surface area contributed by atoms with Gasteiger partial charge in [-0.2, -0.15) is 0 Å². The maximum Gasteiger partial charge on any atom is 0.0630 e. The van der Waals surface area contributed by atoms with Crippen molar-refractivity contribution in [3.05, 3.63) is 144 Å². The second-order valence-corrected chi connectivity index (χ2v) is 7.61. The average molecular weight is 509 g/mol. The lowest BCUT2D eigenvalue weighted by molar-refractivity contribution is 1.40. The Morgan fingerprint density at radius 1 is 0.711 bits per heavy atom. The van der Waals surface area contributed by atoms with Crippen LogP contribution in [0.3, 0.4) is 0 Å². The largest absolute Gasteiger partial charge is 0.257 e. The molecule has 0 atom stereocenters. The smallest absolute Gasteiger partial charge is 0.0630 e. The van der Waals surface area contributed by atoms with E-state index >= 15 is 0 Å². The normalized spacial score (nSPS) is 13.1. The van der Waals surface area contributed by atoms with Crippen LogP contribution in [-0.4, -0.2) is 12.4 Å².